The van der Waals surface area contributed by atoms with Gasteiger partial charge in [0.05, 0.1) is 16.0 Å². The maximum atomic E-state index is 12.9. The van der Waals surface area contributed by atoms with Crippen LogP contribution in [0.1, 0.15) is 65.4 Å². The van der Waals surface area contributed by atoms with Crippen molar-refractivity contribution in [3.8, 4) is 0 Å². The molecule has 1 aliphatic rings. The molecule has 0 radical (unpaired) electrons. The van der Waals surface area contributed by atoms with Crippen LogP contribution in [0.3, 0.4) is 0 Å². The highest BCUT2D eigenvalue weighted by Crippen LogP contribution is 2.29. The van der Waals surface area contributed by atoms with Crippen LogP contribution in [0.25, 0.3) is 11.0 Å². The molecule has 1 fully saturated rings. The SMILES string of the molecule is Cc1cccc2[nH]c(C3CCCN(C(=O)c4csc(C(C)C)n4)C3)nc12. The van der Waals surface area contributed by atoms with Crippen LogP contribution in [0, 0.1) is 6.92 Å². The summed E-state index contributed by atoms with van der Waals surface area (Å²) in [5.41, 5.74) is 3.87. The van der Waals surface area contributed by atoms with Gasteiger partial charge in [-0.1, -0.05) is 26.0 Å². The summed E-state index contributed by atoms with van der Waals surface area (Å²) in [5.74, 6) is 1.65. The predicted molar refractivity (Wildman–Crippen MR) is 105 cm³/mol. The average Bonchev–Trinajstić information content (AvgIpc) is 3.29. The first kappa shape index (κ1) is 17.2. The molecule has 1 N–H and O–H groups in total. The lowest BCUT2D eigenvalue weighted by Gasteiger charge is -2.31. The predicted octanol–water partition coefficient (Wildman–Crippen LogP) is 4.47. The quantitative estimate of drug-likeness (QED) is 0.742. The molecule has 1 aliphatic heterocycles. The molecule has 2 aromatic heterocycles. The second-order valence-electron chi connectivity index (χ2n) is 7.41. The van der Waals surface area contributed by atoms with Gasteiger partial charge in [-0.15, -0.1) is 11.3 Å². The van der Waals surface area contributed by atoms with Crippen LogP contribution in [0.2, 0.25) is 0 Å². The third-order valence-electron chi connectivity index (χ3n) is 5.06. The van der Waals surface area contributed by atoms with Gasteiger partial charge >= 0.3 is 0 Å². The molecule has 3 aromatic rings. The minimum absolute atomic E-state index is 0.0464. The number of H-pyrrole nitrogens is 1. The number of hydrogen-bond acceptors (Lipinski definition) is 4. The van der Waals surface area contributed by atoms with Crippen molar-refractivity contribution in [2.75, 3.05) is 13.1 Å². The largest absolute Gasteiger partial charge is 0.342 e. The van der Waals surface area contributed by atoms with Gasteiger partial charge in [0.25, 0.3) is 5.91 Å². The second kappa shape index (κ2) is 6.83. The first-order valence-corrected chi connectivity index (χ1v) is 10.1. The Morgan fingerprint density at radius 3 is 2.92 bits per heavy atom. The maximum absolute atomic E-state index is 12.9. The van der Waals surface area contributed by atoms with Gasteiger partial charge < -0.3 is 9.88 Å². The molecule has 0 spiro atoms. The fraction of sp³-hybridized carbons (Fsp3) is 0.450. The van der Waals surface area contributed by atoms with Crippen LogP contribution in [-0.2, 0) is 0 Å². The number of aromatic amines is 1. The Bertz CT molecular complexity index is 942. The standard InChI is InChI=1S/C20H24N4OS/c1-12(2)19-22-16(11-26-19)20(25)24-9-5-7-14(10-24)18-21-15-8-4-6-13(3)17(15)23-18/h4,6,8,11-12,14H,5,7,9-10H2,1-3H3,(H,21,23). The van der Waals surface area contributed by atoms with Crippen molar-refractivity contribution in [1.82, 2.24) is 19.9 Å². The van der Waals surface area contributed by atoms with Crippen molar-refractivity contribution >= 4 is 28.3 Å². The van der Waals surface area contributed by atoms with Crippen LogP contribution >= 0.6 is 11.3 Å². The number of aryl methyl sites for hydroxylation is 1. The van der Waals surface area contributed by atoms with Gasteiger partial charge in [-0.25, -0.2) is 9.97 Å². The Balaban J connectivity index is 1.54. The minimum atomic E-state index is 0.0464. The molecular weight excluding hydrogens is 344 g/mol. The number of carbonyl (C=O) groups is 1. The summed E-state index contributed by atoms with van der Waals surface area (Å²) in [6.07, 6.45) is 2.05. The lowest BCUT2D eigenvalue weighted by atomic mass is 9.97. The van der Waals surface area contributed by atoms with E-state index >= 15 is 0 Å². The number of benzene rings is 1. The molecule has 0 bridgehead atoms. The lowest BCUT2D eigenvalue weighted by Crippen LogP contribution is -2.39. The molecule has 1 aromatic carbocycles. The van der Waals surface area contributed by atoms with Gasteiger partial charge in [0.1, 0.15) is 11.5 Å². The fourth-order valence-corrected chi connectivity index (χ4v) is 4.39. The van der Waals surface area contributed by atoms with Gasteiger partial charge in [0, 0.05) is 30.3 Å². The monoisotopic (exact) mass is 368 g/mol. The van der Waals surface area contributed by atoms with Gasteiger partial charge in [0.2, 0.25) is 0 Å². The zero-order valence-electron chi connectivity index (χ0n) is 15.5. The summed E-state index contributed by atoms with van der Waals surface area (Å²) in [5, 5.41) is 2.92. The topological polar surface area (TPSA) is 61.9 Å². The molecule has 1 amide bonds. The van der Waals surface area contributed by atoms with E-state index in [0.717, 1.165) is 41.3 Å². The number of para-hydroxylation sites is 1. The Hall–Kier alpha value is -2.21. The smallest absolute Gasteiger partial charge is 0.273 e. The molecule has 4 rings (SSSR count). The third kappa shape index (κ3) is 3.14. The number of imidazole rings is 1. The Kier molecular flexibility index (Phi) is 4.53. The highest BCUT2D eigenvalue weighted by molar-refractivity contribution is 7.09. The first-order chi connectivity index (χ1) is 12.5. The number of likely N-dealkylation sites (tertiary alicyclic amines) is 1. The van der Waals surface area contributed by atoms with Gasteiger partial charge in [-0.05, 0) is 31.4 Å². The van der Waals surface area contributed by atoms with Crippen LogP contribution in [-0.4, -0.2) is 38.8 Å². The van der Waals surface area contributed by atoms with Crippen LogP contribution in [0.15, 0.2) is 23.6 Å². The van der Waals surface area contributed by atoms with E-state index < -0.39 is 0 Å². The second-order valence-corrected chi connectivity index (χ2v) is 8.30. The zero-order chi connectivity index (χ0) is 18.3. The molecule has 0 aliphatic carbocycles. The van der Waals surface area contributed by atoms with E-state index in [1.165, 1.54) is 5.56 Å². The molecule has 1 unspecified atom stereocenters. The summed E-state index contributed by atoms with van der Waals surface area (Å²) in [4.78, 5) is 27.6. The van der Waals surface area contributed by atoms with Crippen molar-refractivity contribution in [3.05, 3.63) is 45.7 Å². The molecule has 0 saturated carbocycles. The molecule has 1 saturated heterocycles. The van der Waals surface area contributed by atoms with Crippen LogP contribution in [0.5, 0.6) is 0 Å². The highest BCUT2D eigenvalue weighted by Gasteiger charge is 2.28. The molecular formula is C20H24N4OS. The Labute approximate surface area is 157 Å². The number of fused-ring (bicyclic) bond motifs is 1. The van der Waals surface area contributed by atoms with Crippen molar-refractivity contribution in [3.63, 3.8) is 0 Å². The summed E-state index contributed by atoms with van der Waals surface area (Å²) < 4.78 is 0. The Morgan fingerprint density at radius 1 is 1.35 bits per heavy atom. The van der Waals surface area contributed by atoms with E-state index in [1.54, 1.807) is 11.3 Å². The molecule has 26 heavy (non-hydrogen) atoms. The highest BCUT2D eigenvalue weighted by atomic mass is 32.1. The van der Waals surface area contributed by atoms with Crippen molar-refractivity contribution in [2.45, 2.75) is 45.4 Å². The molecule has 136 valence electrons. The van der Waals surface area contributed by atoms with Crippen LogP contribution < -0.4 is 0 Å². The number of aromatic nitrogens is 3. The van der Waals surface area contributed by atoms with Crippen molar-refractivity contribution < 1.29 is 4.79 Å². The summed E-state index contributed by atoms with van der Waals surface area (Å²) in [6, 6.07) is 6.19. The molecule has 5 nitrogen and oxygen atoms in total. The normalized spacial score (nSPS) is 18.0. The number of rotatable bonds is 3. The number of piperidine rings is 1. The summed E-state index contributed by atoms with van der Waals surface area (Å²) >= 11 is 1.57. The fourth-order valence-electron chi connectivity index (χ4n) is 3.59. The van der Waals surface area contributed by atoms with Crippen molar-refractivity contribution in [1.29, 1.82) is 0 Å². The van der Waals surface area contributed by atoms with Gasteiger partial charge in [-0.2, -0.15) is 0 Å². The molecule has 6 heteroatoms. The van der Waals surface area contributed by atoms with E-state index in [1.807, 2.05) is 16.3 Å². The third-order valence-corrected chi connectivity index (χ3v) is 6.21. The van der Waals surface area contributed by atoms with E-state index in [-0.39, 0.29) is 11.8 Å². The summed E-state index contributed by atoms with van der Waals surface area (Å²) in [6.45, 7) is 7.79. The van der Waals surface area contributed by atoms with Crippen LogP contribution in [0.4, 0.5) is 0 Å². The van der Waals surface area contributed by atoms with E-state index in [4.69, 9.17) is 4.98 Å². The van der Waals surface area contributed by atoms with Gasteiger partial charge in [-0.3, -0.25) is 4.79 Å². The Morgan fingerprint density at radius 2 is 2.19 bits per heavy atom. The van der Waals surface area contributed by atoms with Gasteiger partial charge in [0.15, 0.2) is 0 Å². The molecule has 3 heterocycles. The van der Waals surface area contributed by atoms with E-state index in [0.29, 0.717) is 18.2 Å². The molecule has 1 atom stereocenters. The minimum Gasteiger partial charge on any atom is -0.342 e. The maximum Gasteiger partial charge on any atom is 0.273 e. The first-order valence-electron chi connectivity index (χ1n) is 9.23. The van der Waals surface area contributed by atoms with E-state index in [2.05, 4.69) is 42.9 Å². The number of hydrogen-bond donors (Lipinski definition) is 1. The number of nitrogens with zero attached hydrogens (tertiary/aromatic N) is 3. The average molecular weight is 369 g/mol. The van der Waals surface area contributed by atoms with E-state index in [9.17, 15) is 4.79 Å². The number of nitrogens with one attached hydrogen (secondary N) is 1. The number of amides is 1. The number of thiazole rings is 1. The number of carbonyl (C=O) groups excluding carboxylic acids is 1. The van der Waals surface area contributed by atoms with Crippen molar-refractivity contribution in [2.24, 2.45) is 0 Å². The lowest BCUT2D eigenvalue weighted by molar-refractivity contribution is 0.0699. The zero-order valence-corrected chi connectivity index (χ0v) is 16.3. The summed E-state index contributed by atoms with van der Waals surface area (Å²) in [7, 11) is 0.